The van der Waals surface area contributed by atoms with Crippen molar-refractivity contribution in [1.29, 1.82) is 0 Å². The van der Waals surface area contributed by atoms with E-state index in [1.807, 2.05) is 19.1 Å². The van der Waals surface area contributed by atoms with Gasteiger partial charge in [-0.05, 0) is 82.7 Å². The van der Waals surface area contributed by atoms with Gasteiger partial charge in [-0.25, -0.2) is 9.78 Å². The number of ether oxygens (including phenoxy) is 3. The Labute approximate surface area is 235 Å². The minimum Gasteiger partial charge on any atom is -0.497 e. The van der Waals surface area contributed by atoms with Crippen LogP contribution in [0, 0.1) is 12.8 Å². The Morgan fingerprint density at radius 1 is 1.12 bits per heavy atom. The molecule has 3 atom stereocenters. The molecule has 1 aromatic heterocycles. The van der Waals surface area contributed by atoms with Crippen molar-refractivity contribution in [2.75, 3.05) is 26.5 Å². The minimum atomic E-state index is -0.822. The number of anilines is 1. The molecule has 1 fully saturated rings. The summed E-state index contributed by atoms with van der Waals surface area (Å²) in [6.07, 6.45) is 0.443. The lowest BCUT2D eigenvalue weighted by Gasteiger charge is -2.28. The second-order valence-corrected chi connectivity index (χ2v) is 11.1. The summed E-state index contributed by atoms with van der Waals surface area (Å²) < 4.78 is 16.4. The number of hydrogen-bond donors (Lipinski definition) is 3. The Kier molecular flexibility index (Phi) is 9.83. The van der Waals surface area contributed by atoms with Crippen molar-refractivity contribution in [3.63, 3.8) is 0 Å². The van der Waals surface area contributed by atoms with E-state index in [0.717, 1.165) is 16.8 Å². The minimum absolute atomic E-state index is 0.0230. The summed E-state index contributed by atoms with van der Waals surface area (Å²) in [4.78, 5) is 44.9. The van der Waals surface area contributed by atoms with Gasteiger partial charge in [0.15, 0.2) is 0 Å². The van der Waals surface area contributed by atoms with Gasteiger partial charge in [0.1, 0.15) is 35.0 Å². The van der Waals surface area contributed by atoms with E-state index >= 15 is 0 Å². The zero-order valence-electron chi connectivity index (χ0n) is 24.4. The Bertz CT molecular complexity index is 1210. The van der Waals surface area contributed by atoms with E-state index in [0.29, 0.717) is 36.7 Å². The molecular formula is C29H41N5O6. The summed E-state index contributed by atoms with van der Waals surface area (Å²) in [6.45, 7) is 9.33. The first-order chi connectivity index (χ1) is 18.8. The summed E-state index contributed by atoms with van der Waals surface area (Å²) >= 11 is 0. The molecule has 1 saturated heterocycles. The summed E-state index contributed by atoms with van der Waals surface area (Å²) in [5, 5.41) is 5.59. The SMILES string of the molecule is COc1cc(C[C@H]2C[C@H](C(=O)N[C@@H](C)C(=O)NCc3ccc(N)nc3C)N(C(=O)OC(C)(C)C)C2)cc(OC)c1. The number of methoxy groups -OCH3 is 2. The van der Waals surface area contributed by atoms with Crippen LogP contribution in [0.1, 0.15) is 50.9 Å². The maximum absolute atomic E-state index is 13.4. The molecule has 2 aromatic rings. The lowest BCUT2D eigenvalue weighted by molar-refractivity contribution is -0.131. The van der Waals surface area contributed by atoms with Crippen molar-refractivity contribution in [2.24, 2.45) is 5.92 Å². The molecule has 1 aliphatic rings. The molecule has 0 radical (unpaired) electrons. The zero-order valence-corrected chi connectivity index (χ0v) is 24.4. The van der Waals surface area contributed by atoms with Gasteiger partial charge in [0.2, 0.25) is 11.8 Å². The van der Waals surface area contributed by atoms with Crippen molar-refractivity contribution in [3.8, 4) is 11.5 Å². The number of nitrogens with one attached hydrogen (secondary N) is 2. The van der Waals surface area contributed by atoms with E-state index in [2.05, 4.69) is 15.6 Å². The molecule has 0 unspecified atom stereocenters. The molecule has 0 spiro atoms. The fraction of sp³-hybridized carbons (Fsp3) is 0.517. The normalized spacial score (nSPS) is 17.6. The third kappa shape index (κ3) is 8.24. The van der Waals surface area contributed by atoms with Crippen molar-refractivity contribution >= 4 is 23.7 Å². The number of aryl methyl sites for hydroxylation is 1. The van der Waals surface area contributed by atoms with Crippen LogP contribution in [0.15, 0.2) is 30.3 Å². The van der Waals surface area contributed by atoms with Gasteiger partial charge >= 0.3 is 6.09 Å². The first kappa shape index (κ1) is 30.5. The van der Waals surface area contributed by atoms with Gasteiger partial charge in [0, 0.05) is 24.8 Å². The third-order valence-electron chi connectivity index (χ3n) is 6.68. The highest BCUT2D eigenvalue weighted by Crippen LogP contribution is 2.31. The van der Waals surface area contributed by atoms with E-state index in [-0.39, 0.29) is 18.4 Å². The molecule has 218 valence electrons. The Morgan fingerprint density at radius 2 is 1.77 bits per heavy atom. The number of nitrogens with two attached hydrogens (primary N) is 1. The zero-order chi connectivity index (χ0) is 29.6. The van der Waals surface area contributed by atoms with Crippen molar-refractivity contribution in [3.05, 3.63) is 47.2 Å². The second kappa shape index (κ2) is 12.9. The van der Waals surface area contributed by atoms with Crippen LogP contribution >= 0.6 is 0 Å². The maximum Gasteiger partial charge on any atom is 0.410 e. The van der Waals surface area contributed by atoms with Crippen LogP contribution in [0.3, 0.4) is 0 Å². The standard InChI is InChI=1S/C29H41N5O6/c1-17-21(8-9-25(30)32-17)15-31-26(35)18(2)33-27(36)24-13-20(16-34(24)28(37)40-29(3,4)5)10-19-11-22(38-6)14-23(12-19)39-7/h8-9,11-12,14,18,20,24H,10,13,15-16H2,1-7H3,(H2,30,32)(H,31,35)(H,33,36)/t18-,20-,24+/m0/s1. The average Bonchev–Trinajstić information content (AvgIpc) is 3.30. The molecule has 4 N–H and O–H groups in total. The van der Waals surface area contributed by atoms with Gasteiger partial charge in [-0.3, -0.25) is 14.5 Å². The molecule has 11 heteroatoms. The summed E-state index contributed by atoms with van der Waals surface area (Å²) in [5.74, 6) is 0.940. The van der Waals surface area contributed by atoms with Crippen LogP contribution in [0.2, 0.25) is 0 Å². The predicted octanol–water partition coefficient (Wildman–Crippen LogP) is 2.98. The highest BCUT2D eigenvalue weighted by Gasteiger charge is 2.42. The fourth-order valence-electron chi connectivity index (χ4n) is 4.67. The molecule has 0 aliphatic carbocycles. The highest BCUT2D eigenvalue weighted by molar-refractivity contribution is 5.91. The van der Waals surface area contributed by atoms with Crippen LogP contribution in [0.4, 0.5) is 10.6 Å². The molecule has 1 aromatic carbocycles. The number of likely N-dealkylation sites (tertiary alicyclic amines) is 1. The van der Waals surface area contributed by atoms with Gasteiger partial charge in [-0.1, -0.05) is 6.07 Å². The number of nitrogens with zero attached hydrogens (tertiary/aromatic N) is 2. The van der Waals surface area contributed by atoms with Crippen LogP contribution < -0.4 is 25.8 Å². The first-order valence-corrected chi connectivity index (χ1v) is 13.3. The van der Waals surface area contributed by atoms with Gasteiger partial charge in [0.05, 0.1) is 14.2 Å². The number of carbonyl (C=O) groups excluding carboxylic acids is 3. The topological polar surface area (TPSA) is 145 Å². The Balaban J connectivity index is 1.70. The number of carbonyl (C=O) groups is 3. The van der Waals surface area contributed by atoms with Crippen LogP contribution in [-0.4, -0.2) is 66.2 Å². The lowest BCUT2D eigenvalue weighted by atomic mass is 9.96. The summed E-state index contributed by atoms with van der Waals surface area (Å²) in [6, 6.07) is 7.48. The van der Waals surface area contributed by atoms with E-state index < -0.39 is 29.7 Å². The number of rotatable bonds is 9. The van der Waals surface area contributed by atoms with E-state index in [1.54, 1.807) is 60.1 Å². The third-order valence-corrected chi connectivity index (χ3v) is 6.68. The number of benzene rings is 1. The Morgan fingerprint density at radius 3 is 2.35 bits per heavy atom. The van der Waals surface area contributed by atoms with E-state index in [4.69, 9.17) is 19.9 Å². The molecule has 40 heavy (non-hydrogen) atoms. The number of aromatic nitrogens is 1. The monoisotopic (exact) mass is 555 g/mol. The maximum atomic E-state index is 13.4. The molecule has 1 aliphatic heterocycles. The van der Waals surface area contributed by atoms with Crippen LogP contribution in [0.25, 0.3) is 0 Å². The van der Waals surface area contributed by atoms with Crippen molar-refractivity contribution < 1.29 is 28.6 Å². The van der Waals surface area contributed by atoms with E-state index in [1.165, 1.54) is 4.90 Å². The summed E-state index contributed by atoms with van der Waals surface area (Å²) in [5.41, 5.74) is 7.48. The van der Waals surface area contributed by atoms with Crippen LogP contribution in [-0.2, 0) is 27.3 Å². The number of hydrogen-bond acceptors (Lipinski definition) is 8. The highest BCUT2D eigenvalue weighted by atomic mass is 16.6. The average molecular weight is 556 g/mol. The summed E-state index contributed by atoms with van der Waals surface area (Å²) in [7, 11) is 3.17. The molecular weight excluding hydrogens is 514 g/mol. The smallest absolute Gasteiger partial charge is 0.410 e. The molecule has 0 bridgehead atoms. The lowest BCUT2D eigenvalue weighted by Crippen LogP contribution is -2.52. The van der Waals surface area contributed by atoms with Crippen molar-refractivity contribution in [1.82, 2.24) is 20.5 Å². The van der Waals surface area contributed by atoms with Gasteiger partial charge in [0.25, 0.3) is 0 Å². The van der Waals surface area contributed by atoms with Gasteiger partial charge in [-0.2, -0.15) is 0 Å². The van der Waals surface area contributed by atoms with Crippen LogP contribution in [0.5, 0.6) is 11.5 Å². The van der Waals surface area contributed by atoms with Crippen molar-refractivity contribution in [2.45, 2.75) is 71.7 Å². The molecule has 3 rings (SSSR count). The number of amides is 3. The fourth-order valence-corrected chi connectivity index (χ4v) is 4.67. The molecule has 3 amide bonds. The molecule has 11 nitrogen and oxygen atoms in total. The molecule has 0 saturated carbocycles. The predicted molar refractivity (Wildman–Crippen MR) is 151 cm³/mol. The molecule has 2 heterocycles. The number of nitrogen functional groups attached to an aromatic ring is 1. The van der Waals surface area contributed by atoms with Gasteiger partial charge < -0.3 is 30.6 Å². The first-order valence-electron chi connectivity index (χ1n) is 13.3. The van der Waals surface area contributed by atoms with E-state index in [9.17, 15) is 14.4 Å². The largest absolute Gasteiger partial charge is 0.497 e. The Hall–Kier alpha value is -4.02. The van der Waals surface area contributed by atoms with Gasteiger partial charge in [-0.15, -0.1) is 0 Å². The second-order valence-electron chi connectivity index (χ2n) is 11.1. The number of pyridine rings is 1. The quantitative estimate of drug-likeness (QED) is 0.428.